The Balaban J connectivity index is 1.79. The molecular formula is C25H29N7O. The maximum absolute atomic E-state index is 11.4. The van der Waals surface area contributed by atoms with Crippen LogP contribution in [0.4, 0.5) is 0 Å². The van der Waals surface area contributed by atoms with E-state index < -0.39 is 5.91 Å². The van der Waals surface area contributed by atoms with Crippen LogP contribution in [-0.2, 0) is 11.8 Å². The molecule has 1 aromatic heterocycles. The van der Waals surface area contributed by atoms with Crippen molar-refractivity contribution in [1.82, 2.24) is 30.6 Å². The van der Waals surface area contributed by atoms with Crippen LogP contribution in [0.1, 0.15) is 37.4 Å². The molecule has 0 saturated heterocycles. The predicted molar refractivity (Wildman–Crippen MR) is 129 cm³/mol. The van der Waals surface area contributed by atoms with Crippen LogP contribution in [0.2, 0.25) is 0 Å². The summed E-state index contributed by atoms with van der Waals surface area (Å²) in [5.74, 6) is 2.23. The fourth-order valence-electron chi connectivity index (χ4n) is 4.29. The number of nitrogens with two attached hydrogens (primary N) is 1. The van der Waals surface area contributed by atoms with Gasteiger partial charge >= 0.3 is 0 Å². The Morgan fingerprint density at radius 3 is 2.79 bits per heavy atom. The number of allylic oxidation sites excluding steroid dienone is 4. The van der Waals surface area contributed by atoms with Crippen LogP contribution in [-0.4, -0.2) is 39.4 Å². The zero-order valence-corrected chi connectivity index (χ0v) is 19.4. The smallest absolute Gasteiger partial charge is 0.244 e. The van der Waals surface area contributed by atoms with Crippen molar-refractivity contribution in [2.45, 2.75) is 26.3 Å². The highest BCUT2D eigenvalue weighted by Crippen LogP contribution is 2.39. The SMILES string of the molecule is C#C/C(=C\C=C(/C)C(N)=O)NC1CCN2C(=C(C)NN2C)c2ccc(-c3cnn(C)c3)cc21. The topological polar surface area (TPSA) is 91.4 Å². The molecule has 1 aromatic carbocycles. The number of nitrogens with zero attached hydrogens (tertiary/aromatic N) is 4. The van der Waals surface area contributed by atoms with Gasteiger partial charge in [-0.1, -0.05) is 24.1 Å². The van der Waals surface area contributed by atoms with Crippen LogP contribution in [0.3, 0.4) is 0 Å². The summed E-state index contributed by atoms with van der Waals surface area (Å²) >= 11 is 0. The number of aryl methyl sites for hydroxylation is 1. The summed E-state index contributed by atoms with van der Waals surface area (Å²) in [7, 11) is 3.92. The first-order valence-electron chi connectivity index (χ1n) is 10.8. The monoisotopic (exact) mass is 443 g/mol. The summed E-state index contributed by atoms with van der Waals surface area (Å²) in [6.07, 6.45) is 13.9. The number of aromatic nitrogens is 2. The summed E-state index contributed by atoms with van der Waals surface area (Å²) in [4.78, 5) is 11.4. The van der Waals surface area contributed by atoms with Crippen LogP contribution in [0.25, 0.3) is 16.8 Å². The molecule has 0 saturated carbocycles. The van der Waals surface area contributed by atoms with E-state index in [0.717, 1.165) is 46.6 Å². The molecule has 0 spiro atoms. The van der Waals surface area contributed by atoms with E-state index in [1.807, 2.05) is 31.6 Å². The van der Waals surface area contributed by atoms with E-state index in [1.54, 1.807) is 23.8 Å². The number of nitrogens with one attached hydrogen (secondary N) is 2. The maximum atomic E-state index is 11.4. The number of carbonyl (C=O) groups is 1. The highest BCUT2D eigenvalue weighted by molar-refractivity contribution is 5.91. The molecule has 1 unspecified atom stereocenters. The largest absolute Gasteiger partial charge is 0.371 e. The van der Waals surface area contributed by atoms with Crippen molar-refractivity contribution in [3.05, 3.63) is 70.8 Å². The molecule has 0 fully saturated rings. The molecule has 1 amide bonds. The Hall–Kier alpha value is -3.96. The summed E-state index contributed by atoms with van der Waals surface area (Å²) in [6, 6.07) is 6.48. The normalized spacial score (nSPS) is 18.9. The molecule has 8 heteroatoms. The first-order chi connectivity index (χ1) is 15.8. The van der Waals surface area contributed by atoms with E-state index in [1.165, 1.54) is 0 Å². The van der Waals surface area contributed by atoms with Crippen molar-refractivity contribution in [1.29, 1.82) is 0 Å². The van der Waals surface area contributed by atoms with Crippen molar-refractivity contribution in [2.75, 3.05) is 13.6 Å². The minimum absolute atomic E-state index is 0.0273. The standard InChI is InChI=1S/C25H29N7O/c1-6-20(9-7-16(2)25(26)33)28-23-11-12-32-24(17(3)29-31(32)5)21-10-8-18(13-22(21)23)19-14-27-30(4)15-19/h1,7-10,13-15,23,28-29H,11-12H2,2-5H3,(H2,26,33)/b16-7+,20-9+. The molecule has 33 heavy (non-hydrogen) atoms. The maximum Gasteiger partial charge on any atom is 0.244 e. The number of fused-ring (bicyclic) bond motifs is 3. The van der Waals surface area contributed by atoms with E-state index in [-0.39, 0.29) is 6.04 Å². The quantitative estimate of drug-likeness (QED) is 0.374. The molecule has 8 nitrogen and oxygen atoms in total. The fraction of sp³-hybridized carbons (Fsp3) is 0.280. The number of terminal acetylenes is 1. The molecule has 2 aliphatic rings. The third-order valence-corrected chi connectivity index (χ3v) is 6.03. The molecule has 0 aliphatic carbocycles. The molecule has 1 atom stereocenters. The Morgan fingerprint density at radius 2 is 2.12 bits per heavy atom. The minimum Gasteiger partial charge on any atom is -0.371 e. The highest BCUT2D eigenvalue weighted by atomic mass is 16.1. The number of carbonyl (C=O) groups excluding carboxylic acids is 1. The van der Waals surface area contributed by atoms with Crippen LogP contribution >= 0.6 is 0 Å². The second-order valence-electron chi connectivity index (χ2n) is 8.36. The van der Waals surface area contributed by atoms with Gasteiger partial charge in [0.1, 0.15) is 0 Å². The number of amides is 1. The number of primary amides is 1. The summed E-state index contributed by atoms with van der Waals surface area (Å²) in [5, 5.41) is 12.1. The van der Waals surface area contributed by atoms with Crippen LogP contribution in [0, 0.1) is 12.3 Å². The lowest BCUT2D eigenvalue weighted by Gasteiger charge is -2.27. The first kappa shape index (κ1) is 22.2. The van der Waals surface area contributed by atoms with Gasteiger partial charge in [-0.25, -0.2) is 0 Å². The minimum atomic E-state index is -0.470. The zero-order chi connectivity index (χ0) is 23.7. The van der Waals surface area contributed by atoms with Gasteiger partial charge in [-0.3, -0.25) is 14.5 Å². The van der Waals surface area contributed by atoms with Gasteiger partial charge < -0.3 is 16.5 Å². The molecule has 2 aromatic rings. The zero-order valence-electron chi connectivity index (χ0n) is 19.4. The Labute approximate surface area is 194 Å². The van der Waals surface area contributed by atoms with E-state index in [2.05, 4.69) is 51.9 Å². The van der Waals surface area contributed by atoms with E-state index in [9.17, 15) is 4.79 Å². The fourth-order valence-corrected chi connectivity index (χ4v) is 4.29. The van der Waals surface area contributed by atoms with E-state index >= 15 is 0 Å². The Bertz CT molecular complexity index is 1230. The van der Waals surface area contributed by atoms with Gasteiger partial charge in [0.15, 0.2) is 0 Å². The van der Waals surface area contributed by atoms with Gasteiger partial charge in [0.05, 0.1) is 29.3 Å². The molecule has 0 bridgehead atoms. The van der Waals surface area contributed by atoms with Crippen molar-refractivity contribution in [2.24, 2.45) is 12.8 Å². The van der Waals surface area contributed by atoms with Crippen LogP contribution in [0.15, 0.2) is 59.7 Å². The van der Waals surface area contributed by atoms with Crippen LogP contribution in [0.5, 0.6) is 0 Å². The molecule has 3 heterocycles. The average molecular weight is 444 g/mol. The van der Waals surface area contributed by atoms with Gasteiger partial charge in [0, 0.05) is 43.5 Å². The number of hydrogen-bond acceptors (Lipinski definition) is 6. The van der Waals surface area contributed by atoms with E-state index in [0.29, 0.717) is 11.3 Å². The number of rotatable bonds is 5. The summed E-state index contributed by atoms with van der Waals surface area (Å²) in [6.45, 7) is 4.56. The van der Waals surface area contributed by atoms with Crippen molar-refractivity contribution in [3.63, 3.8) is 0 Å². The molecule has 4 N–H and O–H groups in total. The predicted octanol–water partition coefficient (Wildman–Crippen LogP) is 2.43. The summed E-state index contributed by atoms with van der Waals surface area (Å²) in [5.41, 5.74) is 16.5. The van der Waals surface area contributed by atoms with E-state index in [4.69, 9.17) is 12.2 Å². The second kappa shape index (κ2) is 8.88. The lowest BCUT2D eigenvalue weighted by molar-refractivity contribution is -0.114. The summed E-state index contributed by atoms with van der Waals surface area (Å²) < 4.78 is 1.80. The third kappa shape index (κ3) is 4.36. The molecule has 2 aliphatic heterocycles. The lowest BCUT2D eigenvalue weighted by Crippen LogP contribution is -2.40. The van der Waals surface area contributed by atoms with Gasteiger partial charge in [-0.05, 0) is 43.5 Å². The van der Waals surface area contributed by atoms with Crippen molar-refractivity contribution < 1.29 is 4.79 Å². The second-order valence-corrected chi connectivity index (χ2v) is 8.36. The van der Waals surface area contributed by atoms with Gasteiger partial charge in [0.2, 0.25) is 5.91 Å². The average Bonchev–Trinajstić information content (AvgIpc) is 3.29. The third-order valence-electron chi connectivity index (χ3n) is 6.03. The molecular weight excluding hydrogens is 414 g/mol. The highest BCUT2D eigenvalue weighted by Gasteiger charge is 2.33. The Morgan fingerprint density at radius 1 is 1.33 bits per heavy atom. The first-order valence-corrected chi connectivity index (χ1v) is 10.8. The number of benzene rings is 1. The van der Waals surface area contributed by atoms with Gasteiger partial charge in [-0.2, -0.15) is 5.10 Å². The number of hydrazine groups is 2. The molecule has 0 radical (unpaired) electrons. The van der Waals surface area contributed by atoms with Crippen molar-refractivity contribution >= 4 is 11.6 Å². The lowest BCUT2D eigenvalue weighted by atomic mass is 9.93. The van der Waals surface area contributed by atoms with Gasteiger partial charge in [0.25, 0.3) is 0 Å². The van der Waals surface area contributed by atoms with Gasteiger partial charge in [-0.15, -0.1) is 11.5 Å². The number of hydrogen-bond donors (Lipinski definition) is 3. The van der Waals surface area contributed by atoms with Crippen LogP contribution < -0.4 is 16.5 Å². The van der Waals surface area contributed by atoms with Crippen molar-refractivity contribution in [3.8, 4) is 23.5 Å². The molecule has 4 rings (SSSR count). The molecule has 170 valence electrons. The Kier molecular flexibility index (Phi) is 5.99.